The molecule has 12 heavy (non-hydrogen) atoms. The molecule has 0 heterocycles. The molecule has 1 rings (SSSR count). The molecule has 0 spiro atoms. The van der Waals surface area contributed by atoms with Crippen molar-refractivity contribution in [2.45, 2.75) is 3.79 Å². The van der Waals surface area contributed by atoms with Crippen LogP contribution in [0.5, 0.6) is 5.75 Å². The summed E-state index contributed by atoms with van der Waals surface area (Å²) in [7, 11) is 0. The first-order chi connectivity index (χ1) is 5.41. The molecule has 0 aliphatic heterocycles. The highest BCUT2D eigenvalue weighted by atomic mass is 35.6. The fourth-order valence-corrected chi connectivity index (χ4v) is 1.19. The predicted octanol–water partition coefficient (Wildman–Crippen LogP) is 3.36. The van der Waals surface area contributed by atoms with Crippen LogP contribution in [0.4, 0.5) is 4.39 Å². The summed E-state index contributed by atoms with van der Waals surface area (Å²) in [5.41, 5.74) is -0.0784. The Morgan fingerprint density at radius 1 is 1.25 bits per heavy atom. The standard InChI is InChI=1S/C7H4Cl3FO/c8-7(9,10)5-2-1-4(12)3-6(5)11/h1-3,12H. The van der Waals surface area contributed by atoms with Crippen molar-refractivity contribution in [3.63, 3.8) is 0 Å². The zero-order chi connectivity index (χ0) is 9.35. The van der Waals surface area contributed by atoms with Crippen LogP contribution in [0.25, 0.3) is 0 Å². The summed E-state index contributed by atoms with van der Waals surface area (Å²) in [6.45, 7) is 0. The van der Waals surface area contributed by atoms with E-state index >= 15 is 0 Å². The van der Waals surface area contributed by atoms with E-state index in [0.717, 1.165) is 6.07 Å². The van der Waals surface area contributed by atoms with E-state index < -0.39 is 9.61 Å². The van der Waals surface area contributed by atoms with Crippen molar-refractivity contribution >= 4 is 34.8 Å². The number of phenols is 1. The largest absolute Gasteiger partial charge is 0.508 e. The minimum absolute atomic E-state index is 0.0784. The minimum atomic E-state index is -1.79. The van der Waals surface area contributed by atoms with Gasteiger partial charge in [-0.25, -0.2) is 4.39 Å². The van der Waals surface area contributed by atoms with Crippen molar-refractivity contribution in [3.8, 4) is 5.75 Å². The monoisotopic (exact) mass is 228 g/mol. The summed E-state index contributed by atoms with van der Waals surface area (Å²) in [6, 6.07) is 3.36. The molecule has 66 valence electrons. The molecule has 5 heteroatoms. The fourth-order valence-electron chi connectivity index (χ4n) is 0.734. The lowest BCUT2D eigenvalue weighted by atomic mass is 10.2. The second kappa shape index (κ2) is 3.29. The third kappa shape index (κ3) is 2.16. The lowest BCUT2D eigenvalue weighted by Gasteiger charge is -2.11. The summed E-state index contributed by atoms with van der Waals surface area (Å²) >= 11 is 16.3. The van der Waals surface area contributed by atoms with Crippen molar-refractivity contribution in [1.29, 1.82) is 0 Å². The van der Waals surface area contributed by atoms with Crippen molar-refractivity contribution < 1.29 is 9.50 Å². The van der Waals surface area contributed by atoms with Gasteiger partial charge in [0.25, 0.3) is 0 Å². The molecule has 1 N–H and O–H groups in total. The van der Waals surface area contributed by atoms with E-state index in [1.807, 2.05) is 0 Å². The van der Waals surface area contributed by atoms with Gasteiger partial charge in [0, 0.05) is 11.6 Å². The molecule has 0 aliphatic rings. The van der Waals surface area contributed by atoms with Gasteiger partial charge in [-0.05, 0) is 12.1 Å². The van der Waals surface area contributed by atoms with Crippen molar-refractivity contribution in [3.05, 3.63) is 29.6 Å². The van der Waals surface area contributed by atoms with Crippen LogP contribution in [0.15, 0.2) is 18.2 Å². The Morgan fingerprint density at radius 2 is 1.83 bits per heavy atom. The van der Waals surface area contributed by atoms with Gasteiger partial charge in [-0.3, -0.25) is 0 Å². The summed E-state index contributed by atoms with van der Waals surface area (Å²) in [6.07, 6.45) is 0. The summed E-state index contributed by atoms with van der Waals surface area (Å²) < 4.78 is 11.1. The van der Waals surface area contributed by atoms with Crippen LogP contribution in [0.1, 0.15) is 5.56 Å². The Kier molecular flexibility index (Phi) is 2.71. The molecular formula is C7H4Cl3FO. The first-order valence-electron chi connectivity index (χ1n) is 2.97. The number of alkyl halides is 3. The van der Waals surface area contributed by atoms with Crippen molar-refractivity contribution in [2.24, 2.45) is 0 Å². The molecule has 1 nitrogen and oxygen atoms in total. The van der Waals surface area contributed by atoms with Gasteiger partial charge in [0.05, 0.1) is 0 Å². The van der Waals surface area contributed by atoms with Gasteiger partial charge in [0.2, 0.25) is 3.79 Å². The number of aromatic hydroxyl groups is 1. The van der Waals surface area contributed by atoms with Crippen LogP contribution in [0.2, 0.25) is 0 Å². The van der Waals surface area contributed by atoms with Crippen LogP contribution in [-0.2, 0) is 3.79 Å². The third-order valence-electron chi connectivity index (χ3n) is 1.26. The Bertz CT molecular complexity index is 295. The van der Waals surface area contributed by atoms with Crippen LogP contribution in [-0.4, -0.2) is 5.11 Å². The Hall–Kier alpha value is -0.180. The zero-order valence-electron chi connectivity index (χ0n) is 5.69. The number of halogens is 4. The topological polar surface area (TPSA) is 20.2 Å². The van der Waals surface area contributed by atoms with Gasteiger partial charge in [0.1, 0.15) is 11.6 Å². The number of hydrogen-bond acceptors (Lipinski definition) is 1. The van der Waals surface area contributed by atoms with Gasteiger partial charge in [-0.1, -0.05) is 34.8 Å². The van der Waals surface area contributed by atoms with Gasteiger partial charge < -0.3 is 5.11 Å². The Balaban J connectivity index is 3.19. The molecule has 0 saturated carbocycles. The quantitative estimate of drug-likeness (QED) is 0.676. The maximum atomic E-state index is 12.9. The van der Waals surface area contributed by atoms with E-state index in [4.69, 9.17) is 39.9 Å². The summed E-state index contributed by atoms with van der Waals surface area (Å²) in [5.74, 6) is -0.944. The number of phenolic OH excluding ortho intramolecular Hbond substituents is 1. The minimum Gasteiger partial charge on any atom is -0.508 e. The maximum absolute atomic E-state index is 12.9. The maximum Gasteiger partial charge on any atom is 0.218 e. The van der Waals surface area contributed by atoms with E-state index in [2.05, 4.69) is 0 Å². The molecule has 0 unspecified atom stereocenters. The van der Waals surface area contributed by atoms with Gasteiger partial charge in [-0.2, -0.15) is 0 Å². The smallest absolute Gasteiger partial charge is 0.218 e. The van der Waals surface area contributed by atoms with Gasteiger partial charge in [0.15, 0.2) is 0 Å². The Labute approximate surface area is 83.7 Å². The average Bonchev–Trinajstić information content (AvgIpc) is 1.83. The zero-order valence-corrected chi connectivity index (χ0v) is 7.96. The molecule has 1 aromatic rings. The second-order valence-electron chi connectivity index (χ2n) is 2.16. The molecule has 0 aliphatic carbocycles. The first kappa shape index (κ1) is 9.90. The number of hydrogen-bond donors (Lipinski definition) is 1. The highest BCUT2D eigenvalue weighted by molar-refractivity contribution is 6.66. The molecule has 1 aromatic carbocycles. The van der Waals surface area contributed by atoms with E-state index in [-0.39, 0.29) is 11.3 Å². The van der Waals surface area contributed by atoms with Crippen LogP contribution < -0.4 is 0 Å². The molecule has 0 aromatic heterocycles. The average molecular weight is 229 g/mol. The van der Waals surface area contributed by atoms with Crippen LogP contribution >= 0.6 is 34.8 Å². The Morgan fingerprint density at radius 3 is 2.25 bits per heavy atom. The molecule has 0 amide bonds. The predicted molar refractivity (Wildman–Crippen MR) is 47.3 cm³/mol. The molecule has 0 atom stereocenters. The molecule has 0 saturated heterocycles. The first-order valence-corrected chi connectivity index (χ1v) is 4.10. The fraction of sp³-hybridized carbons (Fsp3) is 0.143. The molecule has 0 bridgehead atoms. The van der Waals surface area contributed by atoms with Crippen LogP contribution in [0, 0.1) is 5.82 Å². The summed E-state index contributed by atoms with van der Waals surface area (Å²) in [4.78, 5) is 0. The van der Waals surface area contributed by atoms with Crippen molar-refractivity contribution in [1.82, 2.24) is 0 Å². The third-order valence-corrected chi connectivity index (χ3v) is 1.87. The van der Waals surface area contributed by atoms with E-state index in [9.17, 15) is 4.39 Å². The van der Waals surface area contributed by atoms with Gasteiger partial charge >= 0.3 is 0 Å². The van der Waals surface area contributed by atoms with E-state index in [1.54, 1.807) is 0 Å². The highest BCUT2D eigenvalue weighted by Crippen LogP contribution is 2.40. The second-order valence-corrected chi connectivity index (χ2v) is 4.44. The van der Waals surface area contributed by atoms with Crippen molar-refractivity contribution in [2.75, 3.05) is 0 Å². The molecular weight excluding hydrogens is 225 g/mol. The SMILES string of the molecule is Oc1ccc(C(Cl)(Cl)Cl)c(F)c1. The lowest BCUT2D eigenvalue weighted by molar-refractivity contribution is 0.468. The number of benzene rings is 1. The van der Waals surface area contributed by atoms with E-state index in [0.29, 0.717) is 0 Å². The molecule has 0 radical (unpaired) electrons. The molecule has 0 fully saturated rings. The van der Waals surface area contributed by atoms with Gasteiger partial charge in [-0.15, -0.1) is 0 Å². The van der Waals surface area contributed by atoms with Crippen LogP contribution in [0.3, 0.4) is 0 Å². The lowest BCUT2D eigenvalue weighted by Crippen LogP contribution is -2.02. The normalized spacial score (nSPS) is 11.7. The highest BCUT2D eigenvalue weighted by Gasteiger charge is 2.26. The summed E-state index contributed by atoms with van der Waals surface area (Å²) in [5, 5.41) is 8.83. The number of rotatable bonds is 0. The van der Waals surface area contributed by atoms with E-state index in [1.165, 1.54) is 12.1 Å².